The van der Waals surface area contributed by atoms with E-state index in [0.29, 0.717) is 4.48 Å². The SMILES string of the molecule is C=C(C)C(=O)O.CCC(O)[N+](C)(C)C.[Cl-]. The number of aliphatic hydroxyl groups excluding tert-OH is 1. The number of carbonyl (C=O) groups is 1. The van der Waals surface area contributed by atoms with Crippen molar-refractivity contribution in [1.82, 2.24) is 0 Å². The molecule has 15 heavy (non-hydrogen) atoms. The molecule has 0 heterocycles. The summed E-state index contributed by atoms with van der Waals surface area (Å²) < 4.78 is 0.635. The highest BCUT2D eigenvalue weighted by Crippen LogP contribution is 2.01. The molecule has 0 saturated carbocycles. The number of quaternary nitrogens is 1. The van der Waals surface area contributed by atoms with Crippen molar-refractivity contribution in [3.63, 3.8) is 0 Å². The lowest BCUT2D eigenvalue weighted by atomic mass is 10.4. The van der Waals surface area contributed by atoms with E-state index >= 15 is 0 Å². The number of hydrogen-bond acceptors (Lipinski definition) is 2. The fourth-order valence-electron chi connectivity index (χ4n) is 0.548. The average Bonchev–Trinajstić information content (AvgIpc) is 2.02. The first-order chi connectivity index (χ1) is 6.12. The molecule has 0 aromatic carbocycles. The number of carboxylic acids is 1. The van der Waals surface area contributed by atoms with Crippen molar-refractivity contribution in [3.8, 4) is 0 Å². The van der Waals surface area contributed by atoms with Gasteiger partial charge in [-0.05, 0) is 6.92 Å². The zero-order valence-electron chi connectivity index (χ0n) is 10.1. The Balaban J connectivity index is -0.000000187. The third-order valence-electron chi connectivity index (χ3n) is 1.62. The summed E-state index contributed by atoms with van der Waals surface area (Å²) in [4.78, 5) is 9.60. The molecule has 0 aliphatic heterocycles. The number of carboxylic acid groups (broad SMARTS) is 1. The number of aliphatic carboxylic acids is 1. The highest BCUT2D eigenvalue weighted by molar-refractivity contribution is 5.84. The molecule has 0 aromatic heterocycles. The topological polar surface area (TPSA) is 57.5 Å². The normalized spacial score (nSPS) is 11.6. The van der Waals surface area contributed by atoms with Crippen LogP contribution < -0.4 is 12.4 Å². The second kappa shape index (κ2) is 8.71. The lowest BCUT2D eigenvalue weighted by Gasteiger charge is -2.28. The smallest absolute Gasteiger partial charge is 0.330 e. The van der Waals surface area contributed by atoms with Gasteiger partial charge in [-0.25, -0.2) is 4.79 Å². The van der Waals surface area contributed by atoms with Gasteiger partial charge in [0.15, 0.2) is 6.23 Å². The molecular weight excluding hydrogens is 218 g/mol. The molecule has 0 rings (SSSR count). The van der Waals surface area contributed by atoms with Gasteiger partial charge in [0.2, 0.25) is 0 Å². The summed E-state index contributed by atoms with van der Waals surface area (Å²) >= 11 is 0. The second-order valence-electron chi connectivity index (χ2n) is 4.09. The zero-order valence-corrected chi connectivity index (χ0v) is 10.9. The molecule has 1 unspecified atom stereocenters. The molecule has 0 aromatic rings. The van der Waals surface area contributed by atoms with Crippen LogP contribution in [0.15, 0.2) is 12.2 Å². The van der Waals surface area contributed by atoms with Gasteiger partial charge in [0.1, 0.15) is 0 Å². The van der Waals surface area contributed by atoms with E-state index in [1.807, 2.05) is 28.1 Å². The van der Waals surface area contributed by atoms with Crippen molar-refractivity contribution in [2.75, 3.05) is 21.1 Å². The summed E-state index contributed by atoms with van der Waals surface area (Å²) in [6.07, 6.45) is 0.610. The molecule has 5 heteroatoms. The lowest BCUT2D eigenvalue weighted by Crippen LogP contribution is -3.00. The molecule has 0 spiro atoms. The highest BCUT2D eigenvalue weighted by atomic mass is 35.5. The largest absolute Gasteiger partial charge is 1.00 e. The maximum atomic E-state index is 9.60. The van der Waals surface area contributed by atoms with Crippen LogP contribution in [-0.4, -0.2) is 48.0 Å². The summed E-state index contributed by atoms with van der Waals surface area (Å²) in [5.41, 5.74) is 0.176. The Kier molecular flexibility index (Phi) is 11.6. The number of halogens is 1. The molecule has 0 saturated heterocycles. The molecule has 0 radical (unpaired) electrons. The van der Waals surface area contributed by atoms with E-state index in [-0.39, 0.29) is 24.2 Å². The lowest BCUT2D eigenvalue weighted by molar-refractivity contribution is -0.918. The number of nitrogens with zero attached hydrogens (tertiary/aromatic N) is 1. The minimum absolute atomic E-state index is 0. The predicted octanol–water partition coefficient (Wildman–Crippen LogP) is -1.93. The van der Waals surface area contributed by atoms with Crippen LogP contribution in [0.2, 0.25) is 0 Å². The first-order valence-corrected chi connectivity index (χ1v) is 4.50. The predicted molar refractivity (Wildman–Crippen MR) is 56.8 cm³/mol. The number of hydrogen-bond donors (Lipinski definition) is 2. The van der Waals surface area contributed by atoms with E-state index in [0.717, 1.165) is 6.42 Å². The van der Waals surface area contributed by atoms with E-state index in [1.54, 1.807) is 0 Å². The number of aliphatic hydroxyl groups is 1. The number of rotatable bonds is 3. The van der Waals surface area contributed by atoms with Crippen molar-refractivity contribution in [3.05, 3.63) is 12.2 Å². The standard InChI is InChI=1S/C6H16NO.C4H6O2.ClH/c1-5-6(8)7(2,3)4;1-3(2)4(5)6;/h6,8H,5H2,1-4H3;1H2,2H3,(H,5,6);1H/q+1;;/p-1. The third kappa shape index (κ3) is 13.4. The Labute approximate surface area is 98.2 Å². The van der Waals surface area contributed by atoms with E-state index in [4.69, 9.17) is 10.2 Å². The summed E-state index contributed by atoms with van der Waals surface area (Å²) in [7, 11) is 5.94. The first kappa shape index (κ1) is 19.9. The Bertz CT molecular complexity index is 187. The van der Waals surface area contributed by atoms with Gasteiger partial charge in [0.25, 0.3) is 0 Å². The molecule has 0 aliphatic rings. The van der Waals surface area contributed by atoms with Crippen molar-refractivity contribution in [2.24, 2.45) is 0 Å². The molecule has 92 valence electrons. The fraction of sp³-hybridized carbons (Fsp3) is 0.700. The molecule has 2 N–H and O–H groups in total. The second-order valence-corrected chi connectivity index (χ2v) is 4.09. The van der Waals surface area contributed by atoms with E-state index < -0.39 is 5.97 Å². The Hall–Kier alpha value is -0.580. The summed E-state index contributed by atoms with van der Waals surface area (Å²) in [5, 5.41) is 17.1. The van der Waals surface area contributed by atoms with Gasteiger partial charge in [-0.15, -0.1) is 0 Å². The van der Waals surface area contributed by atoms with Crippen LogP contribution in [0.4, 0.5) is 0 Å². The van der Waals surface area contributed by atoms with Gasteiger partial charge in [0, 0.05) is 12.0 Å². The average molecular weight is 240 g/mol. The Morgan fingerprint density at radius 3 is 1.67 bits per heavy atom. The molecule has 0 fully saturated rings. The summed E-state index contributed by atoms with van der Waals surface area (Å²) in [6, 6.07) is 0. The van der Waals surface area contributed by atoms with Gasteiger partial charge in [-0.1, -0.05) is 13.5 Å². The van der Waals surface area contributed by atoms with Crippen LogP contribution in [0.5, 0.6) is 0 Å². The van der Waals surface area contributed by atoms with Gasteiger partial charge in [0.05, 0.1) is 21.1 Å². The van der Waals surface area contributed by atoms with Crippen molar-refractivity contribution in [2.45, 2.75) is 26.5 Å². The Morgan fingerprint density at radius 2 is 1.67 bits per heavy atom. The van der Waals surface area contributed by atoms with E-state index in [1.165, 1.54) is 6.92 Å². The van der Waals surface area contributed by atoms with Gasteiger partial charge in [-0.3, -0.25) is 0 Å². The quantitative estimate of drug-likeness (QED) is 0.343. The molecule has 1 atom stereocenters. The van der Waals surface area contributed by atoms with Crippen molar-refractivity contribution in [1.29, 1.82) is 0 Å². The highest BCUT2D eigenvalue weighted by Gasteiger charge is 2.16. The van der Waals surface area contributed by atoms with E-state index in [9.17, 15) is 4.79 Å². The van der Waals surface area contributed by atoms with E-state index in [2.05, 4.69) is 6.58 Å². The van der Waals surface area contributed by atoms with Crippen molar-refractivity contribution >= 4 is 5.97 Å². The van der Waals surface area contributed by atoms with Crippen LogP contribution in [0.3, 0.4) is 0 Å². The molecule has 0 amide bonds. The molecule has 0 aliphatic carbocycles. The first-order valence-electron chi connectivity index (χ1n) is 4.50. The maximum absolute atomic E-state index is 9.60. The van der Waals surface area contributed by atoms with Crippen LogP contribution in [0.25, 0.3) is 0 Å². The third-order valence-corrected chi connectivity index (χ3v) is 1.62. The Morgan fingerprint density at radius 1 is 1.40 bits per heavy atom. The van der Waals surface area contributed by atoms with Gasteiger partial charge >= 0.3 is 5.97 Å². The van der Waals surface area contributed by atoms with Crippen molar-refractivity contribution < 1.29 is 31.9 Å². The van der Waals surface area contributed by atoms with Gasteiger partial charge in [-0.2, -0.15) is 0 Å². The monoisotopic (exact) mass is 239 g/mol. The zero-order chi connectivity index (χ0) is 11.9. The maximum Gasteiger partial charge on any atom is 0.330 e. The van der Waals surface area contributed by atoms with Crippen LogP contribution in [0.1, 0.15) is 20.3 Å². The fourth-order valence-corrected chi connectivity index (χ4v) is 0.548. The van der Waals surface area contributed by atoms with Crippen LogP contribution in [0, 0.1) is 0 Å². The molecule has 0 bridgehead atoms. The molecule has 4 nitrogen and oxygen atoms in total. The minimum Gasteiger partial charge on any atom is -1.00 e. The summed E-state index contributed by atoms with van der Waals surface area (Å²) in [5.74, 6) is -0.935. The minimum atomic E-state index is -0.935. The molecular formula is C10H22ClNO3. The van der Waals surface area contributed by atoms with Crippen LogP contribution >= 0.6 is 0 Å². The summed E-state index contributed by atoms with van der Waals surface area (Å²) in [6.45, 7) is 6.58. The van der Waals surface area contributed by atoms with Crippen LogP contribution in [-0.2, 0) is 4.79 Å². The van der Waals surface area contributed by atoms with Gasteiger partial charge < -0.3 is 27.1 Å².